The molecule has 0 radical (unpaired) electrons. The number of piperazine rings is 1. The highest BCUT2D eigenvalue weighted by molar-refractivity contribution is 7.17. The van der Waals surface area contributed by atoms with Crippen molar-refractivity contribution in [1.29, 1.82) is 0 Å². The average Bonchev–Trinajstić information content (AvgIpc) is 3.76. The predicted molar refractivity (Wildman–Crippen MR) is 255 cm³/mol. The van der Waals surface area contributed by atoms with Gasteiger partial charge in [0.05, 0.1) is 49.3 Å². The maximum Gasteiger partial charge on any atom is 0.267 e. The molecule has 350 valence electrons. The van der Waals surface area contributed by atoms with Crippen LogP contribution in [0.2, 0.25) is 5.02 Å². The highest BCUT2D eigenvalue weighted by Gasteiger charge is 2.28. The van der Waals surface area contributed by atoms with E-state index in [2.05, 4.69) is 41.0 Å². The fraction of sp³-hybridized carbons (Fsp3) is 0.511. The summed E-state index contributed by atoms with van der Waals surface area (Å²) in [5.41, 5.74) is 3.01. The zero-order chi connectivity index (χ0) is 45.8. The monoisotopic (exact) mass is 931 g/mol. The second-order valence-electron chi connectivity index (χ2n) is 16.3. The van der Waals surface area contributed by atoms with Crippen LogP contribution in [0.5, 0.6) is 0 Å². The Morgan fingerprint density at radius 2 is 1.52 bits per heavy atom. The summed E-state index contributed by atoms with van der Waals surface area (Å²) in [4.78, 5) is 67.7. The van der Waals surface area contributed by atoms with Crippen molar-refractivity contribution in [1.82, 2.24) is 25.2 Å². The Kier molecular flexibility index (Phi) is 19.9. The molecule has 2 aliphatic heterocycles. The normalized spacial score (nSPS) is 15.5. The number of hydrogen-bond donors (Lipinski definition) is 4. The van der Waals surface area contributed by atoms with E-state index in [1.165, 1.54) is 17.8 Å². The van der Waals surface area contributed by atoms with Gasteiger partial charge < -0.3 is 35.1 Å². The largest absolute Gasteiger partial charge is 0.379 e. The summed E-state index contributed by atoms with van der Waals surface area (Å²) in [7, 11) is 0. The van der Waals surface area contributed by atoms with Gasteiger partial charge >= 0.3 is 0 Å². The predicted octanol–water partition coefficient (Wildman–Crippen LogP) is 7.65. The Morgan fingerprint density at radius 3 is 2.23 bits per heavy atom. The Hall–Kier alpha value is -5.04. The lowest BCUT2D eigenvalue weighted by Crippen LogP contribution is -2.47. The molecule has 6 rings (SSSR count). The van der Waals surface area contributed by atoms with Gasteiger partial charge in [0, 0.05) is 64.0 Å². The number of amides is 4. The number of hydrogen-bond acceptors (Lipinski definition) is 14. The number of aromatic nitrogens is 3. The molecule has 0 aliphatic carbocycles. The summed E-state index contributed by atoms with van der Waals surface area (Å²) < 4.78 is 17.1. The van der Waals surface area contributed by atoms with E-state index in [1.54, 1.807) is 24.4 Å². The summed E-state index contributed by atoms with van der Waals surface area (Å²) in [6.45, 7) is 12.2. The molecule has 4 amide bonds. The van der Waals surface area contributed by atoms with E-state index in [9.17, 15) is 19.2 Å². The smallest absolute Gasteiger partial charge is 0.267 e. The molecule has 2 aromatic carbocycles. The third kappa shape index (κ3) is 16.4. The van der Waals surface area contributed by atoms with Gasteiger partial charge in [-0.1, -0.05) is 66.5 Å². The first-order valence-corrected chi connectivity index (χ1v) is 23.9. The first kappa shape index (κ1) is 49.4. The number of piperidine rings is 1. The van der Waals surface area contributed by atoms with Gasteiger partial charge in [0.1, 0.15) is 22.3 Å². The second kappa shape index (κ2) is 26.2. The number of carbonyl (C=O) groups excluding carboxylic acids is 4. The third-order valence-electron chi connectivity index (χ3n) is 11.2. The number of ether oxygens (including phenoxy) is 3. The molecule has 1 unspecified atom stereocenters. The van der Waals surface area contributed by atoms with Gasteiger partial charge in [-0.3, -0.25) is 29.4 Å². The number of aryl methyl sites for hydroxylation is 2. The van der Waals surface area contributed by atoms with E-state index in [-0.39, 0.29) is 29.5 Å². The fourth-order valence-corrected chi connectivity index (χ4v) is 8.61. The van der Waals surface area contributed by atoms with Crippen LogP contribution >= 0.6 is 22.9 Å². The minimum Gasteiger partial charge on any atom is -0.379 e. The van der Waals surface area contributed by atoms with E-state index in [0.717, 1.165) is 94.8 Å². The highest BCUT2D eigenvalue weighted by Crippen LogP contribution is 2.29. The molecular weight excluding hydrogens is 870 g/mol. The number of thiazole rings is 1. The molecule has 2 aliphatic rings. The van der Waals surface area contributed by atoms with Gasteiger partial charge in [-0.25, -0.2) is 15.0 Å². The standard InChI is InChI=1S/C47H62ClN9O7S/c1-33-11-10-12-38(48)44(33)55-46(61)39-32-49-47(65-39)53-40-31-41(51-34(2)50-40)57-23-21-56(22-24-57)20-7-3-4-8-25-62-27-29-64-30-28-63-26-9-5-6-13-42(58)52-36-16-14-35(15-17-36)37-18-19-43(59)54-45(37)60/h10-12,14-17,31-32,37H,3-9,13,18-30H2,1-2H3,(H,52,58)(H,55,61)(H,54,59,60)(H,49,50,51,53). The first-order chi connectivity index (χ1) is 31.6. The molecule has 2 aromatic heterocycles. The number of nitrogens with one attached hydrogen (secondary N) is 4. The topological polar surface area (TPSA) is 189 Å². The molecule has 4 aromatic rings. The quantitative estimate of drug-likeness (QED) is 0.0355. The Labute approximate surface area is 390 Å². The zero-order valence-electron chi connectivity index (χ0n) is 37.5. The van der Waals surface area contributed by atoms with E-state index < -0.39 is 0 Å². The Bertz CT molecular complexity index is 2150. The molecule has 1 atom stereocenters. The lowest BCUT2D eigenvalue weighted by Gasteiger charge is -2.35. The van der Waals surface area contributed by atoms with Gasteiger partial charge in [0.15, 0.2) is 5.13 Å². The number of benzene rings is 2. The summed E-state index contributed by atoms with van der Waals surface area (Å²) in [6.07, 6.45) is 9.89. The third-order valence-corrected chi connectivity index (χ3v) is 12.5. The average molecular weight is 933 g/mol. The van der Waals surface area contributed by atoms with E-state index >= 15 is 0 Å². The van der Waals surface area contributed by atoms with Gasteiger partial charge in [0.25, 0.3) is 5.91 Å². The molecular formula is C47H62ClN9O7S. The van der Waals surface area contributed by atoms with Crippen molar-refractivity contribution in [3.63, 3.8) is 0 Å². The minimum absolute atomic E-state index is 0.0431. The molecule has 18 heteroatoms. The van der Waals surface area contributed by atoms with Crippen LogP contribution < -0.4 is 26.2 Å². The number of halogens is 1. The van der Waals surface area contributed by atoms with E-state index in [1.807, 2.05) is 44.2 Å². The van der Waals surface area contributed by atoms with Crippen molar-refractivity contribution in [2.45, 2.75) is 84.0 Å². The number of carbonyl (C=O) groups is 4. The SMILES string of the molecule is Cc1nc(Nc2ncc(C(=O)Nc3c(C)cccc3Cl)s2)cc(N2CCN(CCCCCCOCCOCCOCCCCCC(=O)Nc3ccc(C4CCC(=O)NC4=O)cc3)CC2)n1. The first-order valence-electron chi connectivity index (χ1n) is 22.7. The van der Waals surface area contributed by atoms with Crippen LogP contribution in [0.3, 0.4) is 0 Å². The Morgan fingerprint density at radius 1 is 0.831 bits per heavy atom. The zero-order valence-corrected chi connectivity index (χ0v) is 39.1. The van der Waals surface area contributed by atoms with Crippen LogP contribution in [0, 0.1) is 13.8 Å². The maximum absolute atomic E-state index is 12.9. The lowest BCUT2D eigenvalue weighted by molar-refractivity contribution is -0.134. The Balaban J connectivity index is 0.715. The van der Waals surface area contributed by atoms with Crippen molar-refractivity contribution in [2.24, 2.45) is 0 Å². The molecule has 2 fully saturated rings. The number of rotatable bonds is 26. The van der Waals surface area contributed by atoms with Crippen LogP contribution in [-0.4, -0.2) is 116 Å². The number of anilines is 5. The summed E-state index contributed by atoms with van der Waals surface area (Å²) in [6, 6.07) is 14.7. The number of unbranched alkanes of at least 4 members (excludes halogenated alkanes) is 5. The van der Waals surface area contributed by atoms with Crippen molar-refractivity contribution in [3.8, 4) is 0 Å². The number of para-hydroxylation sites is 1. The molecule has 16 nitrogen and oxygen atoms in total. The van der Waals surface area contributed by atoms with Gasteiger partial charge in [-0.15, -0.1) is 0 Å². The molecule has 0 saturated carbocycles. The molecule has 65 heavy (non-hydrogen) atoms. The second-order valence-corrected chi connectivity index (χ2v) is 17.7. The van der Waals surface area contributed by atoms with Crippen molar-refractivity contribution in [3.05, 3.63) is 81.6 Å². The number of nitrogens with zero attached hydrogens (tertiary/aromatic N) is 5. The van der Waals surface area contributed by atoms with Crippen LogP contribution in [0.1, 0.15) is 96.7 Å². The summed E-state index contributed by atoms with van der Waals surface area (Å²) in [5.74, 6) is 1.03. The van der Waals surface area contributed by atoms with Crippen LogP contribution in [0.25, 0.3) is 0 Å². The van der Waals surface area contributed by atoms with Gasteiger partial charge in [-0.05, 0) is 81.8 Å². The highest BCUT2D eigenvalue weighted by atomic mass is 35.5. The van der Waals surface area contributed by atoms with E-state index in [4.69, 9.17) is 30.8 Å². The molecule has 4 N–H and O–H groups in total. The van der Waals surface area contributed by atoms with Crippen LogP contribution in [0.4, 0.5) is 28.1 Å². The van der Waals surface area contributed by atoms with Crippen molar-refractivity contribution >= 4 is 74.7 Å². The van der Waals surface area contributed by atoms with Gasteiger partial charge in [0.2, 0.25) is 17.7 Å². The number of imide groups is 1. The van der Waals surface area contributed by atoms with Crippen LogP contribution in [-0.2, 0) is 28.6 Å². The van der Waals surface area contributed by atoms with Crippen molar-refractivity contribution < 1.29 is 33.4 Å². The molecule has 0 bridgehead atoms. The summed E-state index contributed by atoms with van der Waals surface area (Å²) in [5, 5.41) is 12.5. The molecule has 4 heterocycles. The molecule has 2 saturated heterocycles. The lowest BCUT2D eigenvalue weighted by atomic mass is 9.90. The van der Waals surface area contributed by atoms with Gasteiger partial charge in [-0.2, -0.15) is 0 Å². The van der Waals surface area contributed by atoms with Crippen molar-refractivity contribution in [2.75, 3.05) is 93.2 Å². The van der Waals surface area contributed by atoms with Crippen LogP contribution in [0.15, 0.2) is 54.7 Å². The maximum atomic E-state index is 12.9. The fourth-order valence-electron chi connectivity index (χ4n) is 7.63. The minimum atomic E-state index is -0.335. The summed E-state index contributed by atoms with van der Waals surface area (Å²) >= 11 is 7.55. The van der Waals surface area contributed by atoms with E-state index in [0.29, 0.717) is 90.3 Å². The molecule has 0 spiro atoms.